The number of benzene rings is 1. The molecule has 0 saturated heterocycles. The van der Waals surface area contributed by atoms with E-state index in [0.29, 0.717) is 12.2 Å². The summed E-state index contributed by atoms with van der Waals surface area (Å²) in [5.41, 5.74) is 1.66. The van der Waals surface area contributed by atoms with Crippen LogP contribution in [0.3, 0.4) is 0 Å². The van der Waals surface area contributed by atoms with Crippen molar-refractivity contribution >= 4 is 5.69 Å². The fourth-order valence-corrected chi connectivity index (χ4v) is 1.30. The monoisotopic (exact) mass is 216 g/mol. The van der Waals surface area contributed by atoms with E-state index in [1.807, 2.05) is 6.07 Å². The number of nitriles is 1. The quantitative estimate of drug-likeness (QED) is 0.825. The van der Waals surface area contributed by atoms with Crippen molar-refractivity contribution in [3.05, 3.63) is 47.5 Å². The van der Waals surface area contributed by atoms with Gasteiger partial charge in [0, 0.05) is 11.9 Å². The van der Waals surface area contributed by atoms with Crippen LogP contribution in [0.25, 0.3) is 0 Å². The van der Waals surface area contributed by atoms with E-state index < -0.39 is 5.82 Å². The third-order valence-corrected chi connectivity index (χ3v) is 2.13. The van der Waals surface area contributed by atoms with Gasteiger partial charge in [-0.25, -0.2) is 4.39 Å². The van der Waals surface area contributed by atoms with Gasteiger partial charge >= 0.3 is 0 Å². The van der Waals surface area contributed by atoms with Gasteiger partial charge in [0.25, 0.3) is 0 Å². The highest BCUT2D eigenvalue weighted by Crippen LogP contribution is 2.14. The molecule has 0 spiro atoms. The molecule has 0 aliphatic carbocycles. The lowest BCUT2D eigenvalue weighted by Crippen LogP contribution is -2.00. The molecule has 0 bridgehead atoms. The summed E-state index contributed by atoms with van der Waals surface area (Å²) >= 11 is 0. The van der Waals surface area contributed by atoms with Crippen molar-refractivity contribution < 1.29 is 4.39 Å². The number of halogens is 1. The van der Waals surface area contributed by atoms with Crippen molar-refractivity contribution in [3.63, 3.8) is 0 Å². The first kappa shape index (κ1) is 10.2. The Bertz CT molecular complexity index is 513. The average molecular weight is 216 g/mol. The van der Waals surface area contributed by atoms with Crippen molar-refractivity contribution in [2.45, 2.75) is 6.54 Å². The van der Waals surface area contributed by atoms with Crippen LogP contribution in [0.4, 0.5) is 10.1 Å². The van der Waals surface area contributed by atoms with E-state index >= 15 is 0 Å². The first-order chi connectivity index (χ1) is 7.79. The Balaban J connectivity index is 2.08. The molecule has 0 radical (unpaired) electrons. The van der Waals surface area contributed by atoms with Gasteiger partial charge in [0.05, 0.1) is 17.8 Å². The third kappa shape index (κ3) is 2.17. The van der Waals surface area contributed by atoms with Gasteiger partial charge in [-0.1, -0.05) is 0 Å². The van der Waals surface area contributed by atoms with Gasteiger partial charge in [0.15, 0.2) is 0 Å². The number of nitrogens with zero attached hydrogens (tertiary/aromatic N) is 2. The van der Waals surface area contributed by atoms with Crippen LogP contribution in [-0.2, 0) is 6.54 Å². The van der Waals surface area contributed by atoms with Gasteiger partial charge in [0.1, 0.15) is 11.9 Å². The van der Waals surface area contributed by atoms with E-state index in [4.69, 9.17) is 5.26 Å². The fourth-order valence-electron chi connectivity index (χ4n) is 1.30. The van der Waals surface area contributed by atoms with E-state index in [-0.39, 0.29) is 5.56 Å². The number of hydrogen-bond acceptors (Lipinski definition) is 3. The van der Waals surface area contributed by atoms with Gasteiger partial charge in [-0.15, -0.1) is 0 Å². The number of aromatic nitrogens is 2. The summed E-state index contributed by atoms with van der Waals surface area (Å²) in [6, 6.07) is 7.97. The van der Waals surface area contributed by atoms with E-state index in [2.05, 4.69) is 15.5 Å². The molecule has 0 fully saturated rings. The van der Waals surface area contributed by atoms with Gasteiger partial charge in [-0.2, -0.15) is 10.4 Å². The zero-order valence-corrected chi connectivity index (χ0v) is 8.37. The Morgan fingerprint density at radius 3 is 3.00 bits per heavy atom. The molecule has 0 aliphatic heterocycles. The maximum Gasteiger partial charge on any atom is 0.141 e. The third-order valence-electron chi connectivity index (χ3n) is 2.13. The van der Waals surface area contributed by atoms with Crippen LogP contribution in [0.1, 0.15) is 11.3 Å². The Morgan fingerprint density at radius 2 is 2.31 bits per heavy atom. The Kier molecular flexibility index (Phi) is 2.83. The largest absolute Gasteiger partial charge is 0.379 e. The van der Waals surface area contributed by atoms with Gasteiger partial charge in [0.2, 0.25) is 0 Å². The SMILES string of the molecule is N#Cc1cc(NCc2ccn[nH]2)ccc1F. The molecule has 2 aromatic rings. The van der Waals surface area contributed by atoms with Gasteiger partial charge in [-0.05, 0) is 24.3 Å². The highest BCUT2D eigenvalue weighted by atomic mass is 19.1. The molecule has 80 valence electrons. The Hall–Kier alpha value is -2.35. The van der Waals surface area contributed by atoms with E-state index in [9.17, 15) is 4.39 Å². The molecule has 0 saturated carbocycles. The van der Waals surface area contributed by atoms with Crippen LogP contribution < -0.4 is 5.32 Å². The molecule has 2 N–H and O–H groups in total. The molecule has 5 heteroatoms. The van der Waals surface area contributed by atoms with Crippen molar-refractivity contribution in [1.29, 1.82) is 5.26 Å². The number of rotatable bonds is 3. The fraction of sp³-hybridized carbons (Fsp3) is 0.0909. The van der Waals surface area contributed by atoms with Crippen molar-refractivity contribution in [2.24, 2.45) is 0 Å². The predicted octanol–water partition coefficient (Wildman–Crippen LogP) is 2.03. The summed E-state index contributed by atoms with van der Waals surface area (Å²) in [4.78, 5) is 0. The standard InChI is InChI=1S/C11H9FN4/c12-11-2-1-9(5-8(11)6-13)14-7-10-3-4-15-16-10/h1-5,14H,7H2,(H,15,16). The van der Waals surface area contributed by atoms with Gasteiger partial charge < -0.3 is 5.32 Å². The smallest absolute Gasteiger partial charge is 0.141 e. The topological polar surface area (TPSA) is 64.5 Å². The van der Waals surface area contributed by atoms with E-state index in [1.54, 1.807) is 18.3 Å². The first-order valence-electron chi connectivity index (χ1n) is 4.71. The van der Waals surface area contributed by atoms with Crippen molar-refractivity contribution in [3.8, 4) is 6.07 Å². The molecule has 1 aromatic heterocycles. The molecule has 0 unspecified atom stereocenters. The maximum atomic E-state index is 13.0. The minimum absolute atomic E-state index is 0.0367. The second kappa shape index (κ2) is 4.45. The highest BCUT2D eigenvalue weighted by Gasteiger charge is 2.02. The number of anilines is 1. The highest BCUT2D eigenvalue weighted by molar-refractivity contribution is 5.49. The number of aromatic amines is 1. The molecule has 4 nitrogen and oxygen atoms in total. The van der Waals surface area contributed by atoms with Crippen LogP contribution in [0.5, 0.6) is 0 Å². The normalized spacial score (nSPS) is 9.75. The Labute approximate surface area is 91.7 Å². The lowest BCUT2D eigenvalue weighted by atomic mass is 10.2. The maximum absolute atomic E-state index is 13.0. The molecule has 2 rings (SSSR count). The lowest BCUT2D eigenvalue weighted by Gasteiger charge is -2.05. The van der Waals surface area contributed by atoms with E-state index in [0.717, 1.165) is 5.69 Å². The summed E-state index contributed by atoms with van der Waals surface area (Å²) < 4.78 is 13.0. The van der Waals surface area contributed by atoms with Crippen LogP contribution in [-0.4, -0.2) is 10.2 Å². The second-order valence-corrected chi connectivity index (χ2v) is 3.24. The first-order valence-corrected chi connectivity index (χ1v) is 4.71. The molecular formula is C11H9FN4. The second-order valence-electron chi connectivity index (χ2n) is 3.24. The minimum atomic E-state index is -0.505. The molecule has 0 amide bonds. The molecular weight excluding hydrogens is 207 g/mol. The Morgan fingerprint density at radius 1 is 1.44 bits per heavy atom. The average Bonchev–Trinajstić information content (AvgIpc) is 2.81. The summed E-state index contributed by atoms with van der Waals surface area (Å²) in [6.45, 7) is 0.552. The molecule has 0 atom stereocenters. The summed E-state index contributed by atoms with van der Waals surface area (Å²) in [5.74, 6) is -0.505. The summed E-state index contributed by atoms with van der Waals surface area (Å²) in [5, 5.41) is 18.3. The summed E-state index contributed by atoms with van der Waals surface area (Å²) in [6.07, 6.45) is 1.66. The van der Waals surface area contributed by atoms with Crippen molar-refractivity contribution in [1.82, 2.24) is 10.2 Å². The van der Waals surface area contributed by atoms with Crippen LogP contribution >= 0.6 is 0 Å². The summed E-state index contributed by atoms with van der Waals surface area (Å²) in [7, 11) is 0. The van der Waals surface area contributed by atoms with Gasteiger partial charge in [-0.3, -0.25) is 5.10 Å². The zero-order chi connectivity index (χ0) is 11.4. The minimum Gasteiger partial charge on any atom is -0.379 e. The van der Waals surface area contributed by atoms with E-state index in [1.165, 1.54) is 12.1 Å². The lowest BCUT2D eigenvalue weighted by molar-refractivity contribution is 0.624. The number of nitrogens with one attached hydrogen (secondary N) is 2. The van der Waals surface area contributed by atoms with Crippen LogP contribution in [0.15, 0.2) is 30.5 Å². The van der Waals surface area contributed by atoms with Crippen LogP contribution in [0.2, 0.25) is 0 Å². The number of H-pyrrole nitrogens is 1. The molecule has 1 heterocycles. The van der Waals surface area contributed by atoms with Crippen LogP contribution in [0, 0.1) is 17.1 Å². The zero-order valence-electron chi connectivity index (χ0n) is 8.37. The molecule has 1 aromatic carbocycles. The molecule has 0 aliphatic rings. The molecule has 16 heavy (non-hydrogen) atoms. The van der Waals surface area contributed by atoms with Crippen molar-refractivity contribution in [2.75, 3.05) is 5.32 Å². The predicted molar refractivity (Wildman–Crippen MR) is 57.0 cm³/mol. The number of hydrogen-bond donors (Lipinski definition) is 2.